The summed E-state index contributed by atoms with van der Waals surface area (Å²) in [6.07, 6.45) is 4.10. The number of nitrogens with two attached hydrogens (primary N) is 1. The molecule has 0 atom stereocenters. The van der Waals surface area contributed by atoms with Crippen LogP contribution in [-0.4, -0.2) is 21.0 Å². The molecule has 0 aliphatic heterocycles. The van der Waals surface area contributed by atoms with Crippen molar-refractivity contribution in [1.29, 1.82) is 0 Å². The van der Waals surface area contributed by atoms with Crippen molar-refractivity contribution in [2.45, 2.75) is 6.92 Å². The van der Waals surface area contributed by atoms with Gasteiger partial charge in [-0.15, -0.1) is 0 Å². The third kappa shape index (κ3) is 2.37. The molecule has 2 aromatic rings. The standard InChI is InChI=1S/C12H12N4O2/c1-7-4-11(15-5-9(7)13)16-12(18)8-2-3-14-6-10(8)17/h2-6,17H,13H2,1H3,(H,15,16,18). The minimum absolute atomic E-state index is 0.140. The van der Waals surface area contributed by atoms with Crippen LogP contribution in [-0.2, 0) is 0 Å². The van der Waals surface area contributed by atoms with E-state index in [-0.39, 0.29) is 11.3 Å². The molecule has 6 nitrogen and oxygen atoms in total. The Labute approximate surface area is 104 Å². The van der Waals surface area contributed by atoms with Crippen molar-refractivity contribution in [3.63, 3.8) is 0 Å². The minimum atomic E-state index is -0.452. The zero-order valence-corrected chi connectivity index (χ0v) is 9.71. The molecule has 92 valence electrons. The fourth-order valence-electron chi connectivity index (χ4n) is 1.40. The maximum atomic E-state index is 11.9. The van der Waals surface area contributed by atoms with Gasteiger partial charge in [-0.05, 0) is 24.6 Å². The monoisotopic (exact) mass is 244 g/mol. The van der Waals surface area contributed by atoms with E-state index < -0.39 is 5.91 Å². The molecule has 2 heterocycles. The lowest BCUT2D eigenvalue weighted by atomic mass is 10.2. The van der Waals surface area contributed by atoms with Crippen LogP contribution in [0.25, 0.3) is 0 Å². The molecular weight excluding hydrogens is 232 g/mol. The lowest BCUT2D eigenvalue weighted by Crippen LogP contribution is -2.13. The Morgan fingerprint density at radius 3 is 2.89 bits per heavy atom. The largest absolute Gasteiger partial charge is 0.505 e. The molecule has 1 amide bonds. The van der Waals surface area contributed by atoms with Crippen molar-refractivity contribution >= 4 is 17.4 Å². The van der Waals surface area contributed by atoms with E-state index in [4.69, 9.17) is 5.73 Å². The predicted molar refractivity (Wildman–Crippen MR) is 67.2 cm³/mol. The van der Waals surface area contributed by atoms with Gasteiger partial charge in [0.1, 0.15) is 11.6 Å². The van der Waals surface area contributed by atoms with Crippen LogP contribution in [0.1, 0.15) is 15.9 Å². The summed E-state index contributed by atoms with van der Waals surface area (Å²) < 4.78 is 0. The van der Waals surface area contributed by atoms with Crippen molar-refractivity contribution in [2.24, 2.45) is 0 Å². The zero-order valence-electron chi connectivity index (χ0n) is 9.71. The maximum Gasteiger partial charge on any atom is 0.260 e. The molecule has 0 aliphatic carbocycles. The molecule has 18 heavy (non-hydrogen) atoms. The second-order valence-corrected chi connectivity index (χ2v) is 3.77. The highest BCUT2D eigenvalue weighted by atomic mass is 16.3. The number of nitrogens with zero attached hydrogens (tertiary/aromatic N) is 2. The van der Waals surface area contributed by atoms with E-state index in [0.717, 1.165) is 5.56 Å². The van der Waals surface area contributed by atoms with Crippen molar-refractivity contribution in [1.82, 2.24) is 9.97 Å². The minimum Gasteiger partial charge on any atom is -0.505 e. The Morgan fingerprint density at radius 2 is 2.22 bits per heavy atom. The van der Waals surface area contributed by atoms with Crippen molar-refractivity contribution < 1.29 is 9.90 Å². The van der Waals surface area contributed by atoms with Crippen LogP contribution < -0.4 is 11.1 Å². The summed E-state index contributed by atoms with van der Waals surface area (Å²) >= 11 is 0. The number of aromatic nitrogens is 2. The third-order valence-corrected chi connectivity index (χ3v) is 2.44. The number of aromatic hydroxyl groups is 1. The lowest BCUT2D eigenvalue weighted by molar-refractivity contribution is 0.102. The predicted octanol–water partition coefficient (Wildman–Crippen LogP) is 1.33. The van der Waals surface area contributed by atoms with E-state index in [2.05, 4.69) is 15.3 Å². The van der Waals surface area contributed by atoms with Crippen LogP contribution in [0.3, 0.4) is 0 Å². The summed E-state index contributed by atoms with van der Waals surface area (Å²) in [4.78, 5) is 19.5. The number of aryl methyl sites for hydroxylation is 1. The van der Waals surface area contributed by atoms with Gasteiger partial charge in [-0.25, -0.2) is 4.98 Å². The first-order valence-corrected chi connectivity index (χ1v) is 5.24. The van der Waals surface area contributed by atoms with E-state index in [1.54, 1.807) is 6.07 Å². The summed E-state index contributed by atoms with van der Waals surface area (Å²) in [5.41, 5.74) is 7.15. The molecule has 0 aliphatic rings. The van der Waals surface area contributed by atoms with Crippen LogP contribution >= 0.6 is 0 Å². The van der Waals surface area contributed by atoms with Crippen LogP contribution in [0.4, 0.5) is 11.5 Å². The summed E-state index contributed by atoms with van der Waals surface area (Å²) in [5.74, 6) is -0.253. The highest BCUT2D eigenvalue weighted by molar-refractivity contribution is 6.05. The van der Waals surface area contributed by atoms with Crippen LogP contribution in [0.2, 0.25) is 0 Å². The number of nitrogen functional groups attached to an aromatic ring is 1. The number of rotatable bonds is 2. The van der Waals surface area contributed by atoms with Crippen LogP contribution in [0.5, 0.6) is 5.75 Å². The summed E-state index contributed by atoms with van der Waals surface area (Å²) in [6.45, 7) is 1.82. The smallest absolute Gasteiger partial charge is 0.260 e. The number of carbonyl (C=O) groups excluding carboxylic acids is 1. The molecule has 0 saturated carbocycles. The van der Waals surface area contributed by atoms with Gasteiger partial charge < -0.3 is 16.2 Å². The molecule has 0 unspecified atom stereocenters. The Hall–Kier alpha value is -2.63. The molecule has 0 spiro atoms. The number of pyridine rings is 2. The topological polar surface area (TPSA) is 101 Å². The van der Waals surface area contributed by atoms with E-state index in [1.165, 1.54) is 24.7 Å². The first-order valence-electron chi connectivity index (χ1n) is 5.24. The first kappa shape index (κ1) is 11.8. The molecule has 2 aromatic heterocycles. The Morgan fingerprint density at radius 1 is 1.44 bits per heavy atom. The molecule has 0 saturated heterocycles. The fourth-order valence-corrected chi connectivity index (χ4v) is 1.40. The molecular formula is C12H12N4O2. The second-order valence-electron chi connectivity index (χ2n) is 3.77. The van der Waals surface area contributed by atoms with Gasteiger partial charge in [-0.1, -0.05) is 0 Å². The Balaban J connectivity index is 2.22. The highest BCUT2D eigenvalue weighted by Gasteiger charge is 2.11. The molecule has 0 fully saturated rings. The van der Waals surface area contributed by atoms with E-state index in [9.17, 15) is 9.90 Å². The Bertz CT molecular complexity index is 598. The van der Waals surface area contributed by atoms with Crippen LogP contribution in [0, 0.1) is 6.92 Å². The van der Waals surface area contributed by atoms with E-state index in [0.29, 0.717) is 11.5 Å². The molecule has 2 rings (SSSR count). The van der Waals surface area contributed by atoms with Gasteiger partial charge >= 0.3 is 0 Å². The van der Waals surface area contributed by atoms with E-state index >= 15 is 0 Å². The Kier molecular flexibility index (Phi) is 3.09. The zero-order chi connectivity index (χ0) is 13.1. The van der Waals surface area contributed by atoms with Gasteiger partial charge in [0.25, 0.3) is 5.91 Å². The van der Waals surface area contributed by atoms with Gasteiger partial charge in [0.05, 0.1) is 23.6 Å². The molecule has 0 bridgehead atoms. The second kappa shape index (κ2) is 4.70. The van der Waals surface area contributed by atoms with Gasteiger partial charge in [0, 0.05) is 6.20 Å². The molecule has 0 aromatic carbocycles. The highest BCUT2D eigenvalue weighted by Crippen LogP contribution is 2.17. The van der Waals surface area contributed by atoms with Gasteiger partial charge in [0.15, 0.2) is 0 Å². The summed E-state index contributed by atoms with van der Waals surface area (Å²) in [5, 5.41) is 12.1. The van der Waals surface area contributed by atoms with Crippen molar-refractivity contribution in [2.75, 3.05) is 11.1 Å². The lowest BCUT2D eigenvalue weighted by Gasteiger charge is -2.07. The van der Waals surface area contributed by atoms with Gasteiger partial charge in [-0.3, -0.25) is 9.78 Å². The number of carbonyl (C=O) groups is 1. The van der Waals surface area contributed by atoms with E-state index in [1.807, 2.05) is 6.92 Å². The first-order chi connectivity index (χ1) is 8.58. The fraction of sp³-hybridized carbons (Fsp3) is 0.0833. The molecule has 6 heteroatoms. The number of anilines is 2. The average molecular weight is 244 g/mol. The van der Waals surface area contributed by atoms with Gasteiger partial charge in [-0.2, -0.15) is 0 Å². The summed E-state index contributed by atoms with van der Waals surface area (Å²) in [7, 11) is 0. The van der Waals surface area contributed by atoms with Crippen molar-refractivity contribution in [3.05, 3.63) is 41.9 Å². The third-order valence-electron chi connectivity index (χ3n) is 2.44. The van der Waals surface area contributed by atoms with Gasteiger partial charge in [0.2, 0.25) is 0 Å². The van der Waals surface area contributed by atoms with Crippen molar-refractivity contribution in [3.8, 4) is 5.75 Å². The molecule has 4 N–H and O–H groups in total. The number of amides is 1. The normalized spacial score (nSPS) is 10.1. The number of nitrogens with one attached hydrogen (secondary N) is 1. The average Bonchev–Trinajstić information content (AvgIpc) is 2.34. The maximum absolute atomic E-state index is 11.9. The molecule has 0 radical (unpaired) electrons. The number of hydrogen-bond donors (Lipinski definition) is 3. The number of hydrogen-bond acceptors (Lipinski definition) is 5. The summed E-state index contributed by atoms with van der Waals surface area (Å²) in [6, 6.07) is 3.08. The van der Waals surface area contributed by atoms with Crippen LogP contribution in [0.15, 0.2) is 30.7 Å². The SMILES string of the molecule is Cc1cc(NC(=O)c2ccncc2O)ncc1N. The quantitative estimate of drug-likeness (QED) is 0.739.